The monoisotopic (exact) mass is 328 g/mol. The maximum Gasteiger partial charge on any atom is 0.287 e. The number of hydrogen-bond acceptors (Lipinski definition) is 5. The quantitative estimate of drug-likeness (QED) is 0.779. The molecule has 1 amide bonds. The summed E-state index contributed by atoms with van der Waals surface area (Å²) in [5, 5.41) is 2.50. The molecule has 0 radical (unpaired) electrons. The minimum atomic E-state index is -3.66. The number of carbonyl (C=O) groups is 1. The van der Waals surface area contributed by atoms with E-state index in [0.29, 0.717) is 6.54 Å². The highest BCUT2D eigenvalue weighted by atomic mass is 32.2. The van der Waals surface area contributed by atoms with Gasteiger partial charge >= 0.3 is 0 Å². The summed E-state index contributed by atoms with van der Waals surface area (Å²) in [5.41, 5.74) is 0. The summed E-state index contributed by atoms with van der Waals surface area (Å²) >= 11 is 0. The summed E-state index contributed by atoms with van der Waals surface area (Å²) in [5.74, 6) is -0.408. The van der Waals surface area contributed by atoms with Crippen LogP contribution in [0, 0.1) is 0 Å². The first kappa shape index (κ1) is 15.5. The Balaban J connectivity index is 1.52. The van der Waals surface area contributed by atoms with E-state index < -0.39 is 15.9 Å². The van der Waals surface area contributed by atoms with Gasteiger partial charge in [0.25, 0.3) is 15.9 Å². The van der Waals surface area contributed by atoms with Gasteiger partial charge in [-0.2, -0.15) is 0 Å². The van der Waals surface area contributed by atoms with Gasteiger partial charge in [0.15, 0.2) is 5.76 Å². The first-order chi connectivity index (χ1) is 10.5. The molecule has 0 spiro atoms. The van der Waals surface area contributed by atoms with Crippen LogP contribution in [0.25, 0.3) is 0 Å². The molecule has 8 heteroatoms. The summed E-state index contributed by atoms with van der Waals surface area (Å²) in [6.07, 6.45) is 4.72. The molecule has 1 aliphatic heterocycles. The normalized spacial score (nSPS) is 21.9. The van der Waals surface area contributed by atoms with Crippen LogP contribution in [-0.2, 0) is 14.8 Å². The van der Waals surface area contributed by atoms with E-state index in [-0.39, 0.29) is 23.0 Å². The van der Waals surface area contributed by atoms with Crippen LogP contribution in [0.4, 0.5) is 0 Å². The van der Waals surface area contributed by atoms with Crippen LogP contribution in [0.1, 0.15) is 42.7 Å². The van der Waals surface area contributed by atoms with Crippen LogP contribution in [-0.4, -0.2) is 39.6 Å². The van der Waals surface area contributed by atoms with E-state index in [9.17, 15) is 13.2 Å². The lowest BCUT2D eigenvalue weighted by Gasteiger charge is -2.09. The minimum absolute atomic E-state index is 0.00112. The lowest BCUT2D eigenvalue weighted by atomic mass is 10.2. The van der Waals surface area contributed by atoms with E-state index in [4.69, 9.17) is 9.15 Å². The average Bonchev–Trinajstić information content (AvgIpc) is 2.98. The van der Waals surface area contributed by atoms with Crippen LogP contribution in [0.2, 0.25) is 0 Å². The van der Waals surface area contributed by atoms with Crippen LogP contribution in [0.15, 0.2) is 21.6 Å². The molecular weight excluding hydrogens is 308 g/mol. The average molecular weight is 328 g/mol. The standard InChI is InChI=1S/C14H20N2O5S/c17-14(15-8-7-11-2-1-9-20-11)12-5-6-13(21-12)22(18,19)16-10-3-4-10/h5-6,10-11,16H,1-4,7-9H2,(H,15,17)/t11-/m1/s1. The third-order valence-electron chi connectivity index (χ3n) is 3.75. The summed E-state index contributed by atoms with van der Waals surface area (Å²) in [4.78, 5) is 11.9. The molecule has 0 unspecified atom stereocenters. The third kappa shape index (κ3) is 3.88. The molecule has 0 aromatic carbocycles. The molecule has 7 nitrogen and oxygen atoms in total. The molecule has 3 rings (SSSR count). The Bertz CT molecular complexity index is 629. The number of carbonyl (C=O) groups excluding carboxylic acids is 1. The van der Waals surface area contributed by atoms with E-state index >= 15 is 0 Å². The Morgan fingerprint density at radius 3 is 2.77 bits per heavy atom. The van der Waals surface area contributed by atoms with Gasteiger partial charge in [0.2, 0.25) is 5.09 Å². The zero-order valence-electron chi connectivity index (χ0n) is 12.2. The maximum atomic E-state index is 12.0. The first-order valence-corrected chi connectivity index (χ1v) is 9.05. The predicted molar refractivity (Wildman–Crippen MR) is 78.0 cm³/mol. The Labute approximate surface area is 129 Å². The van der Waals surface area contributed by atoms with Crippen LogP contribution in [0.5, 0.6) is 0 Å². The number of sulfonamides is 1. The van der Waals surface area contributed by atoms with Crippen LogP contribution >= 0.6 is 0 Å². The van der Waals surface area contributed by atoms with Gasteiger partial charge in [-0.15, -0.1) is 0 Å². The highest BCUT2D eigenvalue weighted by Gasteiger charge is 2.30. The Hall–Kier alpha value is -1.38. The van der Waals surface area contributed by atoms with Gasteiger partial charge in [0, 0.05) is 19.2 Å². The smallest absolute Gasteiger partial charge is 0.287 e. The third-order valence-corrected chi connectivity index (χ3v) is 5.14. The molecule has 1 aliphatic carbocycles. The van der Waals surface area contributed by atoms with Gasteiger partial charge < -0.3 is 14.5 Å². The summed E-state index contributed by atoms with van der Waals surface area (Å²) in [6, 6.07) is 2.68. The van der Waals surface area contributed by atoms with Gasteiger partial charge in [0.1, 0.15) is 0 Å². The maximum absolute atomic E-state index is 12.0. The zero-order chi connectivity index (χ0) is 15.6. The number of ether oxygens (including phenoxy) is 1. The second kappa shape index (κ2) is 6.39. The number of nitrogens with one attached hydrogen (secondary N) is 2. The van der Waals surface area contributed by atoms with Crippen molar-refractivity contribution in [3.63, 3.8) is 0 Å². The van der Waals surface area contributed by atoms with Crippen molar-refractivity contribution in [1.29, 1.82) is 0 Å². The number of hydrogen-bond donors (Lipinski definition) is 2. The van der Waals surface area contributed by atoms with Gasteiger partial charge in [0.05, 0.1) is 6.10 Å². The summed E-state index contributed by atoms with van der Waals surface area (Å²) in [7, 11) is -3.66. The van der Waals surface area contributed by atoms with Crippen molar-refractivity contribution in [2.75, 3.05) is 13.2 Å². The highest BCUT2D eigenvalue weighted by molar-refractivity contribution is 7.89. The van der Waals surface area contributed by atoms with Crippen molar-refractivity contribution in [2.45, 2.75) is 49.3 Å². The first-order valence-electron chi connectivity index (χ1n) is 7.56. The Morgan fingerprint density at radius 2 is 2.09 bits per heavy atom. The van der Waals surface area contributed by atoms with E-state index in [1.54, 1.807) is 0 Å². The summed E-state index contributed by atoms with van der Waals surface area (Å²) in [6.45, 7) is 1.26. The van der Waals surface area contributed by atoms with E-state index in [1.165, 1.54) is 12.1 Å². The number of furan rings is 1. The molecule has 1 aromatic heterocycles. The highest BCUT2D eigenvalue weighted by Crippen LogP contribution is 2.23. The Morgan fingerprint density at radius 1 is 1.27 bits per heavy atom. The van der Waals surface area contributed by atoms with Crippen molar-refractivity contribution in [3.8, 4) is 0 Å². The molecule has 22 heavy (non-hydrogen) atoms. The molecule has 1 atom stereocenters. The van der Waals surface area contributed by atoms with Gasteiger partial charge in [-0.1, -0.05) is 0 Å². The topological polar surface area (TPSA) is 97.6 Å². The predicted octanol–water partition coefficient (Wildman–Crippen LogP) is 1.02. The van der Waals surface area contributed by atoms with E-state index in [1.807, 2.05) is 0 Å². The molecule has 1 saturated heterocycles. The van der Waals surface area contributed by atoms with Crippen LogP contribution in [0.3, 0.4) is 0 Å². The summed E-state index contributed by atoms with van der Waals surface area (Å²) < 4.78 is 37.1. The fraction of sp³-hybridized carbons (Fsp3) is 0.643. The molecule has 1 aromatic rings. The minimum Gasteiger partial charge on any atom is -0.438 e. The molecule has 2 heterocycles. The van der Waals surface area contributed by atoms with Crippen LogP contribution < -0.4 is 10.0 Å². The largest absolute Gasteiger partial charge is 0.438 e. The van der Waals surface area contributed by atoms with Gasteiger partial charge in [-0.25, -0.2) is 13.1 Å². The molecule has 122 valence electrons. The fourth-order valence-electron chi connectivity index (χ4n) is 2.37. The fourth-order valence-corrected chi connectivity index (χ4v) is 3.61. The lowest BCUT2D eigenvalue weighted by Crippen LogP contribution is -2.27. The second-order valence-electron chi connectivity index (χ2n) is 5.69. The van der Waals surface area contributed by atoms with Crippen molar-refractivity contribution in [3.05, 3.63) is 17.9 Å². The molecule has 2 N–H and O–H groups in total. The van der Waals surface area contributed by atoms with E-state index in [0.717, 1.165) is 38.7 Å². The lowest BCUT2D eigenvalue weighted by molar-refractivity contribution is 0.0880. The van der Waals surface area contributed by atoms with Gasteiger partial charge in [-0.3, -0.25) is 4.79 Å². The second-order valence-corrected chi connectivity index (χ2v) is 7.34. The molecule has 2 fully saturated rings. The van der Waals surface area contributed by atoms with Crippen molar-refractivity contribution in [1.82, 2.24) is 10.0 Å². The van der Waals surface area contributed by atoms with Crippen molar-refractivity contribution >= 4 is 15.9 Å². The number of amides is 1. The zero-order valence-corrected chi connectivity index (χ0v) is 13.0. The SMILES string of the molecule is O=C(NCC[C@H]1CCCO1)c1ccc(S(=O)(=O)NC2CC2)o1. The Kier molecular flexibility index (Phi) is 4.51. The molecule has 0 bridgehead atoms. The molecule has 2 aliphatic rings. The molecule has 1 saturated carbocycles. The number of rotatable bonds is 7. The molecular formula is C14H20N2O5S. The van der Waals surface area contributed by atoms with Crippen molar-refractivity contribution in [2.24, 2.45) is 0 Å². The van der Waals surface area contributed by atoms with Crippen molar-refractivity contribution < 1.29 is 22.4 Å². The van der Waals surface area contributed by atoms with E-state index in [2.05, 4.69) is 10.0 Å². The van der Waals surface area contributed by atoms with Gasteiger partial charge in [-0.05, 0) is 44.2 Å².